The maximum Gasteiger partial charge on any atom is 0.0989 e. The lowest BCUT2D eigenvalue weighted by Gasteiger charge is -2.44. The second-order valence-electron chi connectivity index (χ2n) is 6.53. The Labute approximate surface area is 126 Å². The van der Waals surface area contributed by atoms with Gasteiger partial charge < -0.3 is 5.11 Å². The minimum absolute atomic E-state index is 0.272. The van der Waals surface area contributed by atoms with E-state index in [9.17, 15) is 5.11 Å². The number of piperidine rings is 1. The number of hydrogen-bond donors (Lipinski definition) is 1. The predicted molar refractivity (Wildman–Crippen MR) is 86.2 cm³/mol. The third kappa shape index (κ3) is 2.68. The Hall–Kier alpha value is -1.45. The van der Waals surface area contributed by atoms with Crippen LogP contribution in [0.15, 0.2) is 36.5 Å². The molecule has 1 unspecified atom stereocenters. The molecule has 1 aliphatic heterocycles. The normalized spacial score (nSPS) is 18.8. The molecule has 21 heavy (non-hydrogen) atoms. The fraction of sp³-hybridized carbons (Fsp3) is 0.500. The summed E-state index contributed by atoms with van der Waals surface area (Å²) < 4.78 is 0. The first kappa shape index (κ1) is 14.5. The van der Waals surface area contributed by atoms with Crippen molar-refractivity contribution in [2.45, 2.75) is 44.8 Å². The van der Waals surface area contributed by atoms with Gasteiger partial charge in [0.25, 0.3) is 0 Å². The van der Waals surface area contributed by atoms with Gasteiger partial charge in [0.1, 0.15) is 0 Å². The van der Waals surface area contributed by atoms with Gasteiger partial charge in [-0.25, -0.2) is 0 Å². The molecule has 1 N–H and O–H groups in total. The summed E-state index contributed by atoms with van der Waals surface area (Å²) in [6.07, 6.45) is 5.02. The van der Waals surface area contributed by atoms with Crippen molar-refractivity contribution in [1.82, 2.24) is 9.88 Å². The van der Waals surface area contributed by atoms with Gasteiger partial charge in [0.15, 0.2) is 0 Å². The largest absolute Gasteiger partial charge is 0.386 e. The van der Waals surface area contributed by atoms with Gasteiger partial charge in [0.05, 0.1) is 11.6 Å². The highest BCUT2D eigenvalue weighted by Gasteiger charge is 2.36. The number of fused-ring (bicyclic) bond motifs is 1. The molecule has 0 amide bonds. The van der Waals surface area contributed by atoms with Crippen LogP contribution in [0.3, 0.4) is 0 Å². The molecule has 0 aliphatic carbocycles. The van der Waals surface area contributed by atoms with E-state index in [2.05, 4.69) is 23.7 Å². The highest BCUT2D eigenvalue weighted by atomic mass is 16.3. The molecule has 1 aliphatic rings. The van der Waals surface area contributed by atoms with Crippen LogP contribution in [-0.4, -0.2) is 33.6 Å². The van der Waals surface area contributed by atoms with Crippen LogP contribution in [-0.2, 0) is 0 Å². The van der Waals surface area contributed by atoms with Gasteiger partial charge in [0.2, 0.25) is 0 Å². The molecule has 0 spiro atoms. The third-order valence-electron chi connectivity index (χ3n) is 4.80. The van der Waals surface area contributed by atoms with E-state index in [0.29, 0.717) is 0 Å². The van der Waals surface area contributed by atoms with E-state index in [0.717, 1.165) is 29.6 Å². The standard InChI is InChI=1S/C18H24N2O/c1-18(2,20-12-4-3-5-13-20)17(21)15-10-6-8-14-9-7-11-19-16(14)15/h6-11,17,21H,3-5,12-13H2,1-2H3. The summed E-state index contributed by atoms with van der Waals surface area (Å²) in [5.41, 5.74) is 1.58. The molecule has 1 aromatic carbocycles. The Bertz CT molecular complexity index is 612. The number of pyridine rings is 1. The summed E-state index contributed by atoms with van der Waals surface area (Å²) in [5, 5.41) is 12.1. The lowest BCUT2D eigenvalue weighted by Crippen LogP contribution is -2.50. The molecule has 2 aromatic rings. The minimum Gasteiger partial charge on any atom is -0.386 e. The Morgan fingerprint density at radius 1 is 1.10 bits per heavy atom. The number of aliphatic hydroxyl groups excluding tert-OH is 1. The smallest absolute Gasteiger partial charge is 0.0989 e. The van der Waals surface area contributed by atoms with Gasteiger partial charge >= 0.3 is 0 Å². The average molecular weight is 284 g/mol. The van der Waals surface area contributed by atoms with E-state index >= 15 is 0 Å². The van der Waals surface area contributed by atoms with Crippen molar-refractivity contribution < 1.29 is 5.11 Å². The Morgan fingerprint density at radius 3 is 2.57 bits per heavy atom. The van der Waals surface area contributed by atoms with Crippen molar-refractivity contribution in [2.24, 2.45) is 0 Å². The molecular formula is C18H24N2O. The molecule has 1 atom stereocenters. The predicted octanol–water partition coefficient (Wildman–Crippen LogP) is 3.53. The van der Waals surface area contributed by atoms with E-state index in [1.54, 1.807) is 6.20 Å². The number of para-hydroxylation sites is 1. The summed E-state index contributed by atoms with van der Waals surface area (Å²) in [6.45, 7) is 6.43. The van der Waals surface area contributed by atoms with Crippen LogP contribution in [0.25, 0.3) is 10.9 Å². The van der Waals surface area contributed by atoms with Gasteiger partial charge in [-0.05, 0) is 45.8 Å². The molecule has 0 bridgehead atoms. The van der Waals surface area contributed by atoms with E-state index in [4.69, 9.17) is 0 Å². The molecule has 1 saturated heterocycles. The Morgan fingerprint density at radius 2 is 1.81 bits per heavy atom. The average Bonchev–Trinajstić information content (AvgIpc) is 2.54. The topological polar surface area (TPSA) is 36.4 Å². The maximum atomic E-state index is 11.0. The van der Waals surface area contributed by atoms with Gasteiger partial charge in [-0.1, -0.05) is 30.7 Å². The van der Waals surface area contributed by atoms with Crippen molar-refractivity contribution in [1.29, 1.82) is 0 Å². The third-order valence-corrected chi connectivity index (χ3v) is 4.80. The molecule has 1 fully saturated rings. The first-order chi connectivity index (χ1) is 10.1. The lowest BCUT2D eigenvalue weighted by molar-refractivity contribution is -0.0202. The van der Waals surface area contributed by atoms with Crippen LogP contribution in [0.1, 0.15) is 44.8 Å². The SMILES string of the molecule is CC(C)(C(O)c1cccc2cccnc12)N1CCCCC1. The van der Waals surface area contributed by atoms with Crippen LogP contribution >= 0.6 is 0 Å². The molecule has 3 nitrogen and oxygen atoms in total. The second-order valence-corrected chi connectivity index (χ2v) is 6.53. The van der Waals surface area contributed by atoms with E-state index < -0.39 is 6.10 Å². The molecular weight excluding hydrogens is 260 g/mol. The van der Waals surface area contributed by atoms with Gasteiger partial charge in [-0.2, -0.15) is 0 Å². The summed E-state index contributed by atoms with van der Waals surface area (Å²) in [6, 6.07) is 10.0. The first-order valence-electron chi connectivity index (χ1n) is 7.87. The number of benzene rings is 1. The number of aromatic nitrogens is 1. The van der Waals surface area contributed by atoms with Crippen LogP contribution in [0.2, 0.25) is 0 Å². The lowest BCUT2D eigenvalue weighted by atomic mass is 9.87. The maximum absolute atomic E-state index is 11.0. The zero-order valence-corrected chi connectivity index (χ0v) is 12.9. The first-order valence-corrected chi connectivity index (χ1v) is 7.87. The Kier molecular flexibility index (Phi) is 3.96. The highest BCUT2D eigenvalue weighted by Crippen LogP contribution is 2.35. The van der Waals surface area contributed by atoms with Gasteiger partial charge in [-0.3, -0.25) is 9.88 Å². The van der Waals surface area contributed by atoms with Gasteiger partial charge in [0, 0.05) is 22.7 Å². The molecule has 0 radical (unpaired) electrons. The number of hydrogen-bond acceptors (Lipinski definition) is 3. The molecule has 3 heteroatoms. The Balaban J connectivity index is 1.97. The van der Waals surface area contributed by atoms with Crippen LogP contribution in [0.5, 0.6) is 0 Å². The van der Waals surface area contributed by atoms with Gasteiger partial charge in [-0.15, -0.1) is 0 Å². The second kappa shape index (κ2) is 5.74. The van der Waals surface area contributed by atoms with Crippen molar-refractivity contribution in [2.75, 3.05) is 13.1 Å². The summed E-state index contributed by atoms with van der Waals surface area (Å²) in [7, 11) is 0. The monoisotopic (exact) mass is 284 g/mol. The number of aliphatic hydroxyl groups is 1. The van der Waals surface area contributed by atoms with Crippen molar-refractivity contribution in [3.8, 4) is 0 Å². The zero-order chi connectivity index (χ0) is 14.9. The molecule has 0 saturated carbocycles. The number of rotatable bonds is 3. The van der Waals surface area contributed by atoms with Crippen molar-refractivity contribution in [3.63, 3.8) is 0 Å². The number of nitrogens with zero attached hydrogens (tertiary/aromatic N) is 2. The number of likely N-dealkylation sites (tertiary alicyclic amines) is 1. The quantitative estimate of drug-likeness (QED) is 0.936. The zero-order valence-electron chi connectivity index (χ0n) is 12.9. The van der Waals surface area contributed by atoms with Crippen molar-refractivity contribution >= 4 is 10.9 Å². The fourth-order valence-electron chi connectivity index (χ4n) is 3.37. The van der Waals surface area contributed by atoms with E-state index in [-0.39, 0.29) is 5.54 Å². The van der Waals surface area contributed by atoms with E-state index in [1.807, 2.05) is 30.3 Å². The molecule has 112 valence electrons. The van der Waals surface area contributed by atoms with E-state index in [1.165, 1.54) is 19.3 Å². The van der Waals surface area contributed by atoms with Crippen LogP contribution in [0.4, 0.5) is 0 Å². The van der Waals surface area contributed by atoms with Crippen LogP contribution < -0.4 is 0 Å². The summed E-state index contributed by atoms with van der Waals surface area (Å²) in [4.78, 5) is 6.90. The van der Waals surface area contributed by atoms with Crippen molar-refractivity contribution in [3.05, 3.63) is 42.1 Å². The highest BCUT2D eigenvalue weighted by molar-refractivity contribution is 5.82. The van der Waals surface area contributed by atoms with Crippen LogP contribution in [0, 0.1) is 0 Å². The molecule has 2 heterocycles. The minimum atomic E-state index is -0.533. The summed E-state index contributed by atoms with van der Waals surface area (Å²) in [5.74, 6) is 0. The molecule has 3 rings (SSSR count). The summed E-state index contributed by atoms with van der Waals surface area (Å²) >= 11 is 0. The molecule has 1 aromatic heterocycles. The fourth-order valence-corrected chi connectivity index (χ4v) is 3.37.